The molecule has 2 aliphatic carbocycles. The van der Waals surface area contributed by atoms with E-state index in [1.54, 1.807) is 0 Å². The van der Waals surface area contributed by atoms with Gasteiger partial charge in [0.2, 0.25) is 0 Å². The molecule has 0 aromatic rings. The fraction of sp³-hybridized carbons (Fsp3) is 0.786. The third-order valence-corrected chi connectivity index (χ3v) is 4.77. The number of hydrogen-bond donors (Lipinski definition) is 2. The Balaban J connectivity index is 2.02. The normalized spacial score (nSPS) is 25.6. The van der Waals surface area contributed by atoms with Crippen molar-refractivity contribution in [1.82, 2.24) is 5.32 Å². The SMILES string of the molecule is C#CCNC1(C(=O)O)CCC2(CCCC2)CC1. The smallest absolute Gasteiger partial charge is 0.323 e. The van der Waals surface area contributed by atoms with Gasteiger partial charge >= 0.3 is 5.97 Å². The number of hydrogen-bond acceptors (Lipinski definition) is 2. The van der Waals surface area contributed by atoms with Crippen LogP contribution in [0.1, 0.15) is 51.4 Å². The van der Waals surface area contributed by atoms with Gasteiger partial charge in [0.15, 0.2) is 0 Å². The number of nitrogens with one attached hydrogen (secondary N) is 1. The summed E-state index contributed by atoms with van der Waals surface area (Å²) in [6.07, 6.45) is 14.0. The molecule has 3 heteroatoms. The fourth-order valence-electron chi connectivity index (χ4n) is 3.52. The molecule has 2 fully saturated rings. The second-order valence-corrected chi connectivity index (χ2v) is 5.65. The van der Waals surface area contributed by atoms with E-state index in [1.165, 1.54) is 25.7 Å². The van der Waals surface area contributed by atoms with Crippen molar-refractivity contribution in [2.45, 2.75) is 56.9 Å². The van der Waals surface area contributed by atoms with Crippen molar-refractivity contribution < 1.29 is 9.90 Å². The molecule has 2 aliphatic rings. The van der Waals surface area contributed by atoms with Gasteiger partial charge in [-0.1, -0.05) is 18.8 Å². The molecule has 0 atom stereocenters. The van der Waals surface area contributed by atoms with Crippen LogP contribution < -0.4 is 5.32 Å². The molecule has 0 saturated heterocycles. The molecule has 2 saturated carbocycles. The molecule has 0 heterocycles. The molecule has 0 radical (unpaired) electrons. The largest absolute Gasteiger partial charge is 0.480 e. The van der Waals surface area contributed by atoms with Crippen molar-refractivity contribution in [3.05, 3.63) is 0 Å². The zero-order valence-corrected chi connectivity index (χ0v) is 10.3. The summed E-state index contributed by atoms with van der Waals surface area (Å²) in [5.41, 5.74) is -0.309. The molecule has 0 aromatic heterocycles. The Morgan fingerprint density at radius 3 is 2.24 bits per heavy atom. The molecule has 0 bridgehead atoms. The topological polar surface area (TPSA) is 49.3 Å². The summed E-state index contributed by atoms with van der Waals surface area (Å²) in [6.45, 7) is 0.347. The van der Waals surface area contributed by atoms with Crippen LogP contribution in [0.3, 0.4) is 0 Å². The van der Waals surface area contributed by atoms with Gasteiger partial charge in [-0.2, -0.15) is 0 Å². The minimum Gasteiger partial charge on any atom is -0.480 e. The van der Waals surface area contributed by atoms with Crippen LogP contribution in [0, 0.1) is 17.8 Å². The van der Waals surface area contributed by atoms with Crippen molar-refractivity contribution in [3.8, 4) is 12.3 Å². The van der Waals surface area contributed by atoms with Crippen LogP contribution in [0.5, 0.6) is 0 Å². The molecule has 0 amide bonds. The van der Waals surface area contributed by atoms with Gasteiger partial charge in [-0.05, 0) is 43.9 Å². The quantitative estimate of drug-likeness (QED) is 0.737. The molecule has 17 heavy (non-hydrogen) atoms. The Bertz CT molecular complexity index is 327. The first-order valence-electron chi connectivity index (χ1n) is 6.54. The lowest BCUT2D eigenvalue weighted by Crippen LogP contribution is -2.55. The van der Waals surface area contributed by atoms with E-state index < -0.39 is 11.5 Å². The maximum absolute atomic E-state index is 11.5. The minimum atomic E-state index is -0.764. The number of aliphatic carboxylic acids is 1. The highest BCUT2D eigenvalue weighted by molar-refractivity contribution is 5.79. The third kappa shape index (κ3) is 2.32. The maximum atomic E-state index is 11.5. The minimum absolute atomic E-state index is 0.347. The molecule has 2 N–H and O–H groups in total. The average molecular weight is 235 g/mol. The molecule has 0 aromatic carbocycles. The van der Waals surface area contributed by atoms with Crippen molar-refractivity contribution in [2.24, 2.45) is 5.41 Å². The van der Waals surface area contributed by atoms with Gasteiger partial charge in [-0.15, -0.1) is 6.42 Å². The zero-order valence-electron chi connectivity index (χ0n) is 10.3. The monoisotopic (exact) mass is 235 g/mol. The first-order chi connectivity index (χ1) is 8.13. The van der Waals surface area contributed by atoms with Gasteiger partial charge in [0.25, 0.3) is 0 Å². The highest BCUT2D eigenvalue weighted by atomic mass is 16.4. The van der Waals surface area contributed by atoms with Crippen molar-refractivity contribution in [1.29, 1.82) is 0 Å². The Morgan fingerprint density at radius 2 is 1.76 bits per heavy atom. The van der Waals surface area contributed by atoms with E-state index >= 15 is 0 Å². The lowest BCUT2D eigenvalue weighted by molar-refractivity contribution is -0.147. The van der Waals surface area contributed by atoms with E-state index in [9.17, 15) is 9.90 Å². The number of carboxylic acids is 1. The van der Waals surface area contributed by atoms with E-state index in [2.05, 4.69) is 11.2 Å². The van der Waals surface area contributed by atoms with Crippen molar-refractivity contribution in [2.75, 3.05) is 6.54 Å². The second kappa shape index (κ2) is 4.70. The standard InChI is InChI=1S/C14H21NO2/c1-2-11-15-14(12(16)17)9-7-13(8-10-14)5-3-4-6-13/h1,15H,3-11H2,(H,16,17). The predicted octanol–water partition coefficient (Wildman–Crippen LogP) is 2.17. The van der Waals surface area contributed by atoms with Crippen LogP contribution in [0.15, 0.2) is 0 Å². The number of rotatable bonds is 3. The lowest BCUT2D eigenvalue weighted by Gasteiger charge is -2.43. The highest BCUT2D eigenvalue weighted by Gasteiger charge is 2.47. The Hall–Kier alpha value is -1.01. The Morgan fingerprint density at radius 1 is 1.18 bits per heavy atom. The van der Waals surface area contributed by atoms with Gasteiger partial charge in [0.1, 0.15) is 5.54 Å². The average Bonchev–Trinajstić information content (AvgIpc) is 2.77. The summed E-state index contributed by atoms with van der Waals surface area (Å²) < 4.78 is 0. The van der Waals surface area contributed by atoms with Gasteiger partial charge < -0.3 is 5.11 Å². The van der Waals surface area contributed by atoms with Crippen LogP contribution in [-0.4, -0.2) is 23.2 Å². The number of carboxylic acid groups (broad SMARTS) is 1. The Labute approximate surface area is 103 Å². The number of carbonyl (C=O) groups is 1. The molecule has 94 valence electrons. The van der Waals surface area contributed by atoms with Crippen LogP contribution in [0.4, 0.5) is 0 Å². The fourth-order valence-corrected chi connectivity index (χ4v) is 3.52. The number of terminal acetylenes is 1. The van der Waals surface area contributed by atoms with Crippen molar-refractivity contribution in [3.63, 3.8) is 0 Å². The van der Waals surface area contributed by atoms with Gasteiger partial charge in [0.05, 0.1) is 6.54 Å². The molecule has 3 nitrogen and oxygen atoms in total. The molecule has 2 rings (SSSR count). The van der Waals surface area contributed by atoms with Gasteiger partial charge in [-0.25, -0.2) is 0 Å². The van der Waals surface area contributed by atoms with Crippen molar-refractivity contribution >= 4 is 5.97 Å². The zero-order chi connectivity index (χ0) is 12.4. The summed E-state index contributed by atoms with van der Waals surface area (Å²) in [4.78, 5) is 11.5. The summed E-state index contributed by atoms with van der Waals surface area (Å²) in [5.74, 6) is 1.75. The summed E-state index contributed by atoms with van der Waals surface area (Å²) in [5, 5.41) is 12.5. The molecule has 1 spiro atoms. The first-order valence-corrected chi connectivity index (χ1v) is 6.54. The Kier molecular flexibility index (Phi) is 3.44. The summed E-state index contributed by atoms with van der Waals surface area (Å²) in [7, 11) is 0. The predicted molar refractivity (Wildman–Crippen MR) is 66.6 cm³/mol. The molecule has 0 unspecified atom stereocenters. The molecular formula is C14H21NO2. The summed E-state index contributed by atoms with van der Waals surface area (Å²) >= 11 is 0. The van der Waals surface area contributed by atoms with Crippen LogP contribution in [-0.2, 0) is 4.79 Å². The highest BCUT2D eigenvalue weighted by Crippen LogP contribution is 2.51. The van der Waals surface area contributed by atoms with Crippen LogP contribution in [0.2, 0.25) is 0 Å². The van der Waals surface area contributed by atoms with Gasteiger partial charge in [-0.3, -0.25) is 10.1 Å². The van der Waals surface area contributed by atoms with E-state index in [0.717, 1.165) is 25.7 Å². The van der Waals surface area contributed by atoms with Crippen LogP contribution >= 0.6 is 0 Å². The van der Waals surface area contributed by atoms with E-state index in [0.29, 0.717) is 12.0 Å². The van der Waals surface area contributed by atoms with E-state index in [1.807, 2.05) is 0 Å². The molecule has 0 aliphatic heterocycles. The summed E-state index contributed by atoms with van der Waals surface area (Å²) in [6, 6.07) is 0. The molecular weight excluding hydrogens is 214 g/mol. The van der Waals surface area contributed by atoms with E-state index in [-0.39, 0.29) is 0 Å². The maximum Gasteiger partial charge on any atom is 0.323 e. The lowest BCUT2D eigenvalue weighted by atomic mass is 9.66. The third-order valence-electron chi connectivity index (χ3n) is 4.77. The second-order valence-electron chi connectivity index (χ2n) is 5.65. The first kappa shape index (κ1) is 12.4. The van der Waals surface area contributed by atoms with E-state index in [4.69, 9.17) is 6.42 Å². The van der Waals surface area contributed by atoms with Gasteiger partial charge in [0, 0.05) is 0 Å². The van der Waals surface area contributed by atoms with Crippen LogP contribution in [0.25, 0.3) is 0 Å².